The average molecular weight is 549 g/mol. The Balaban J connectivity index is 1.80. The Morgan fingerprint density at radius 3 is 1.97 bits per heavy atom. The first-order valence-corrected chi connectivity index (χ1v) is 13.0. The number of nitrogens with zero attached hydrogens (tertiary/aromatic N) is 1. The topological polar surface area (TPSA) is 103 Å². The van der Waals surface area contributed by atoms with Crippen LogP contribution in [0.15, 0.2) is 65.6 Å². The minimum absolute atomic E-state index is 0.0572. The van der Waals surface area contributed by atoms with Crippen LogP contribution >= 0.6 is 11.6 Å². The van der Waals surface area contributed by atoms with Crippen molar-refractivity contribution in [1.82, 2.24) is 5.32 Å². The zero-order valence-corrected chi connectivity index (χ0v) is 22.6. The third-order valence-electron chi connectivity index (χ3n) is 5.53. The zero-order chi connectivity index (χ0) is 27.0. The van der Waals surface area contributed by atoms with E-state index in [0.717, 1.165) is 9.87 Å². The maximum Gasteiger partial charge on any atom is 0.264 e. The number of sulfonamides is 1. The molecule has 0 atom stereocenters. The molecule has 0 aliphatic carbocycles. The van der Waals surface area contributed by atoms with Crippen LogP contribution in [0.25, 0.3) is 0 Å². The molecule has 11 heteroatoms. The van der Waals surface area contributed by atoms with Gasteiger partial charge in [-0.25, -0.2) is 8.42 Å². The summed E-state index contributed by atoms with van der Waals surface area (Å²) in [5.74, 6) is 1.35. The van der Waals surface area contributed by atoms with Crippen molar-refractivity contribution < 1.29 is 32.2 Å². The number of carbonyl (C=O) groups excluding carboxylic acids is 1. The summed E-state index contributed by atoms with van der Waals surface area (Å²) in [4.78, 5) is 12.8. The van der Waals surface area contributed by atoms with Crippen LogP contribution in [0, 0.1) is 0 Å². The Labute approximate surface area is 221 Å². The van der Waals surface area contributed by atoms with E-state index in [1.807, 2.05) is 12.1 Å². The van der Waals surface area contributed by atoms with Gasteiger partial charge in [-0.3, -0.25) is 9.10 Å². The quantitative estimate of drug-likeness (QED) is 0.366. The fourth-order valence-electron chi connectivity index (χ4n) is 3.60. The highest BCUT2D eigenvalue weighted by Crippen LogP contribution is 2.32. The number of halogens is 1. The largest absolute Gasteiger partial charge is 0.493 e. The van der Waals surface area contributed by atoms with Gasteiger partial charge in [0, 0.05) is 17.6 Å². The fraction of sp³-hybridized carbons (Fsp3) is 0.269. The highest BCUT2D eigenvalue weighted by atomic mass is 35.5. The second-order valence-electron chi connectivity index (χ2n) is 7.79. The SMILES string of the molecule is COc1ccc(CCNC(=O)CN(c2ccc(Cl)cc2)S(=O)(=O)c2ccc(OC)c(OC)c2)cc1OC. The molecule has 0 spiro atoms. The molecule has 3 aromatic carbocycles. The van der Waals surface area contributed by atoms with Crippen molar-refractivity contribution in [2.75, 3.05) is 45.8 Å². The summed E-state index contributed by atoms with van der Waals surface area (Å²) < 4.78 is 49.3. The zero-order valence-electron chi connectivity index (χ0n) is 21.0. The molecule has 0 aromatic heterocycles. The molecule has 3 aromatic rings. The van der Waals surface area contributed by atoms with Gasteiger partial charge >= 0.3 is 0 Å². The van der Waals surface area contributed by atoms with Crippen molar-refractivity contribution in [2.45, 2.75) is 11.3 Å². The summed E-state index contributed by atoms with van der Waals surface area (Å²) in [5, 5.41) is 3.22. The molecular formula is C26H29ClN2O7S. The Kier molecular flexibility index (Phi) is 9.48. The van der Waals surface area contributed by atoms with Gasteiger partial charge in [0.25, 0.3) is 10.0 Å². The number of anilines is 1. The van der Waals surface area contributed by atoms with Gasteiger partial charge in [-0.05, 0) is 60.5 Å². The van der Waals surface area contributed by atoms with E-state index in [0.29, 0.717) is 35.2 Å². The smallest absolute Gasteiger partial charge is 0.264 e. The standard InChI is InChI=1S/C26H29ClN2O7S/c1-33-22-11-5-18(15-24(22)35-3)13-14-28-26(30)17-29(20-8-6-19(27)7-9-20)37(31,32)21-10-12-23(34-2)25(16-21)36-4/h5-12,15-16H,13-14,17H2,1-4H3,(H,28,30). The van der Waals surface area contributed by atoms with E-state index in [2.05, 4.69) is 5.32 Å². The van der Waals surface area contributed by atoms with E-state index in [1.165, 1.54) is 44.6 Å². The summed E-state index contributed by atoms with van der Waals surface area (Å²) in [6.45, 7) is -0.149. The Hall–Kier alpha value is -3.63. The van der Waals surface area contributed by atoms with Gasteiger partial charge in [0.2, 0.25) is 5.91 Å². The number of nitrogens with one attached hydrogen (secondary N) is 1. The summed E-state index contributed by atoms with van der Waals surface area (Å²) >= 11 is 6.00. The Morgan fingerprint density at radius 2 is 1.38 bits per heavy atom. The molecule has 0 unspecified atom stereocenters. The lowest BCUT2D eigenvalue weighted by atomic mass is 10.1. The van der Waals surface area contributed by atoms with Crippen LogP contribution in [0.3, 0.4) is 0 Å². The number of carbonyl (C=O) groups is 1. The van der Waals surface area contributed by atoms with Crippen LogP contribution < -0.4 is 28.6 Å². The van der Waals surface area contributed by atoms with E-state index >= 15 is 0 Å². The van der Waals surface area contributed by atoms with Gasteiger partial charge in [0.1, 0.15) is 6.54 Å². The van der Waals surface area contributed by atoms with Gasteiger partial charge < -0.3 is 24.3 Å². The Bertz CT molecular complexity index is 1330. The van der Waals surface area contributed by atoms with Crippen molar-refractivity contribution in [1.29, 1.82) is 0 Å². The van der Waals surface area contributed by atoms with Crippen LogP contribution in [0.5, 0.6) is 23.0 Å². The second kappa shape index (κ2) is 12.6. The van der Waals surface area contributed by atoms with Crippen LogP contribution in [-0.2, 0) is 21.2 Å². The van der Waals surface area contributed by atoms with Crippen LogP contribution in [0.1, 0.15) is 5.56 Å². The first-order valence-electron chi connectivity index (χ1n) is 11.2. The molecule has 3 rings (SSSR count). The molecule has 0 aliphatic rings. The van der Waals surface area contributed by atoms with Crippen molar-refractivity contribution in [3.05, 3.63) is 71.2 Å². The molecular weight excluding hydrogens is 520 g/mol. The van der Waals surface area contributed by atoms with Gasteiger partial charge in [-0.2, -0.15) is 0 Å². The molecule has 0 saturated carbocycles. The van der Waals surface area contributed by atoms with Crippen molar-refractivity contribution in [3.63, 3.8) is 0 Å². The predicted molar refractivity (Wildman–Crippen MR) is 142 cm³/mol. The maximum atomic E-state index is 13.6. The summed E-state index contributed by atoms with van der Waals surface area (Å²) in [7, 11) is 1.83. The van der Waals surface area contributed by atoms with Crippen molar-refractivity contribution in [3.8, 4) is 23.0 Å². The minimum Gasteiger partial charge on any atom is -0.493 e. The molecule has 0 bridgehead atoms. The number of ether oxygens (including phenoxy) is 4. The summed E-state index contributed by atoms with van der Waals surface area (Å²) in [6, 6.07) is 15.9. The number of rotatable bonds is 12. The lowest BCUT2D eigenvalue weighted by molar-refractivity contribution is -0.119. The molecule has 1 amide bonds. The normalized spacial score (nSPS) is 10.9. The van der Waals surface area contributed by atoms with E-state index in [9.17, 15) is 13.2 Å². The van der Waals surface area contributed by atoms with Crippen LogP contribution in [0.4, 0.5) is 5.69 Å². The molecule has 0 radical (unpaired) electrons. The van der Waals surface area contributed by atoms with Gasteiger partial charge in [-0.1, -0.05) is 17.7 Å². The summed E-state index contributed by atoms with van der Waals surface area (Å²) in [5.41, 5.74) is 1.21. The number of benzene rings is 3. The second-order valence-corrected chi connectivity index (χ2v) is 10.1. The summed E-state index contributed by atoms with van der Waals surface area (Å²) in [6.07, 6.45) is 0.509. The molecule has 198 valence electrons. The number of methoxy groups -OCH3 is 4. The average Bonchev–Trinajstić information content (AvgIpc) is 2.91. The van der Waals surface area contributed by atoms with Crippen molar-refractivity contribution in [2.24, 2.45) is 0 Å². The first kappa shape index (κ1) is 27.9. The van der Waals surface area contributed by atoms with Crippen molar-refractivity contribution >= 4 is 33.2 Å². The third-order valence-corrected chi connectivity index (χ3v) is 7.55. The van der Waals surface area contributed by atoms with E-state index in [1.54, 1.807) is 32.4 Å². The molecule has 9 nitrogen and oxygen atoms in total. The Morgan fingerprint density at radius 1 is 0.811 bits per heavy atom. The number of hydrogen-bond donors (Lipinski definition) is 1. The maximum absolute atomic E-state index is 13.6. The first-order chi connectivity index (χ1) is 17.7. The number of hydrogen-bond acceptors (Lipinski definition) is 7. The fourth-order valence-corrected chi connectivity index (χ4v) is 5.16. The molecule has 0 aliphatic heterocycles. The van der Waals surface area contributed by atoms with E-state index in [4.69, 9.17) is 30.5 Å². The molecule has 0 fully saturated rings. The van der Waals surface area contributed by atoms with Gasteiger partial charge in [0.15, 0.2) is 23.0 Å². The molecule has 37 heavy (non-hydrogen) atoms. The lowest BCUT2D eigenvalue weighted by Gasteiger charge is -2.24. The molecule has 0 heterocycles. The van der Waals surface area contributed by atoms with Gasteiger partial charge in [-0.15, -0.1) is 0 Å². The highest BCUT2D eigenvalue weighted by molar-refractivity contribution is 7.92. The van der Waals surface area contributed by atoms with E-state index in [-0.39, 0.29) is 16.3 Å². The molecule has 0 saturated heterocycles. The van der Waals surface area contributed by atoms with Crippen LogP contribution in [0.2, 0.25) is 5.02 Å². The molecule has 1 N–H and O–H groups in total. The monoisotopic (exact) mass is 548 g/mol. The van der Waals surface area contributed by atoms with Gasteiger partial charge in [0.05, 0.1) is 39.0 Å². The number of amides is 1. The third kappa shape index (κ3) is 6.78. The highest BCUT2D eigenvalue weighted by Gasteiger charge is 2.28. The van der Waals surface area contributed by atoms with Crippen LogP contribution in [-0.4, -0.2) is 55.9 Å². The van der Waals surface area contributed by atoms with E-state index < -0.39 is 22.5 Å². The lowest BCUT2D eigenvalue weighted by Crippen LogP contribution is -2.41. The predicted octanol–water partition coefficient (Wildman–Crippen LogP) is 3.93. The minimum atomic E-state index is -4.15.